The van der Waals surface area contributed by atoms with Gasteiger partial charge in [0.15, 0.2) is 5.82 Å². The van der Waals surface area contributed by atoms with E-state index in [0.717, 1.165) is 5.56 Å². The summed E-state index contributed by atoms with van der Waals surface area (Å²) in [5, 5.41) is 21.7. The molecule has 8 nitrogen and oxygen atoms in total. The van der Waals surface area contributed by atoms with Gasteiger partial charge in [-0.25, -0.2) is 4.98 Å². The maximum atomic E-state index is 12.4. The number of halogens is 1. The highest BCUT2D eigenvalue weighted by Crippen LogP contribution is 2.32. The molecule has 0 aliphatic heterocycles. The van der Waals surface area contributed by atoms with E-state index in [2.05, 4.69) is 9.97 Å². The molecule has 0 saturated carbocycles. The van der Waals surface area contributed by atoms with E-state index in [0.29, 0.717) is 21.5 Å². The van der Waals surface area contributed by atoms with Crippen LogP contribution < -0.4 is 5.56 Å². The lowest BCUT2D eigenvalue weighted by Gasteiger charge is -2.02. The van der Waals surface area contributed by atoms with Gasteiger partial charge in [0.1, 0.15) is 17.6 Å². The molecule has 0 bridgehead atoms. The molecule has 9 heteroatoms. The fourth-order valence-electron chi connectivity index (χ4n) is 3.11. The molecule has 0 fully saturated rings. The first kappa shape index (κ1) is 20.1. The van der Waals surface area contributed by atoms with Crippen molar-refractivity contribution in [3.05, 3.63) is 91.2 Å². The van der Waals surface area contributed by atoms with E-state index in [1.807, 2.05) is 6.07 Å². The quantitative estimate of drug-likeness (QED) is 0.271. The number of nitrogens with zero attached hydrogens (tertiary/aromatic N) is 3. The molecule has 4 aromatic rings. The zero-order valence-corrected chi connectivity index (χ0v) is 16.8. The first-order chi connectivity index (χ1) is 14.9. The van der Waals surface area contributed by atoms with Crippen LogP contribution in [0.4, 0.5) is 5.69 Å². The fourth-order valence-corrected chi connectivity index (χ4v) is 3.28. The predicted octanol–water partition coefficient (Wildman–Crippen LogP) is 5.12. The summed E-state index contributed by atoms with van der Waals surface area (Å²) in [4.78, 5) is 30.2. The molecule has 0 aliphatic rings. The number of allylic oxidation sites excluding steroid dienone is 1. The molecule has 0 radical (unpaired) electrons. The number of aromatic nitrogens is 2. The summed E-state index contributed by atoms with van der Waals surface area (Å²) in [7, 11) is 0. The number of hydrogen-bond donors (Lipinski definition) is 1. The second kappa shape index (κ2) is 7.89. The number of fused-ring (bicyclic) bond motifs is 1. The summed E-state index contributed by atoms with van der Waals surface area (Å²) < 4.78 is 5.72. The second-order valence-electron chi connectivity index (χ2n) is 6.73. The Morgan fingerprint density at radius 2 is 2.06 bits per heavy atom. The van der Waals surface area contributed by atoms with E-state index in [-0.39, 0.29) is 28.6 Å². The van der Waals surface area contributed by atoms with E-state index in [1.54, 1.807) is 43.3 Å². The van der Waals surface area contributed by atoms with E-state index in [4.69, 9.17) is 16.0 Å². The number of furan rings is 1. The van der Waals surface area contributed by atoms with Crippen molar-refractivity contribution in [2.75, 3.05) is 0 Å². The Balaban J connectivity index is 1.76. The van der Waals surface area contributed by atoms with E-state index >= 15 is 0 Å². The molecule has 2 aromatic heterocycles. The summed E-state index contributed by atoms with van der Waals surface area (Å²) in [6.07, 6.45) is 1.41. The molecule has 0 saturated heterocycles. The van der Waals surface area contributed by atoms with Crippen molar-refractivity contribution in [2.45, 2.75) is 6.92 Å². The average molecular weight is 433 g/mol. The number of nitro groups is 1. The third-order valence-corrected chi connectivity index (χ3v) is 4.81. The van der Waals surface area contributed by atoms with Crippen molar-refractivity contribution < 1.29 is 9.34 Å². The number of aromatic amines is 1. The van der Waals surface area contributed by atoms with Crippen molar-refractivity contribution in [3.8, 4) is 17.4 Å². The Hall–Kier alpha value is -4.22. The SMILES string of the molecule is Cc1ccc(-c2ccc(C=C(C#N)c3nc4ccc(Cl)cc4c(=O)[nH]3)o2)c([N+](=O)[O-])c1. The van der Waals surface area contributed by atoms with Gasteiger partial charge in [0.05, 0.1) is 27.0 Å². The molecule has 0 amide bonds. The summed E-state index contributed by atoms with van der Waals surface area (Å²) in [5.41, 5.74) is 1.01. The highest BCUT2D eigenvalue weighted by atomic mass is 35.5. The third kappa shape index (κ3) is 3.95. The van der Waals surface area contributed by atoms with Crippen molar-refractivity contribution >= 4 is 39.8 Å². The van der Waals surface area contributed by atoms with Gasteiger partial charge in [0.2, 0.25) is 0 Å². The van der Waals surface area contributed by atoms with Crippen LogP contribution in [0.25, 0.3) is 33.9 Å². The van der Waals surface area contributed by atoms with Crippen LogP contribution in [-0.2, 0) is 0 Å². The number of nitrogens with one attached hydrogen (secondary N) is 1. The molecular formula is C22H13ClN4O4. The van der Waals surface area contributed by atoms with Crippen LogP contribution >= 0.6 is 11.6 Å². The molecule has 0 spiro atoms. The highest BCUT2D eigenvalue weighted by Gasteiger charge is 2.18. The summed E-state index contributed by atoms with van der Waals surface area (Å²) >= 11 is 5.92. The molecule has 2 heterocycles. The third-order valence-electron chi connectivity index (χ3n) is 4.57. The predicted molar refractivity (Wildman–Crippen MR) is 116 cm³/mol. The number of rotatable bonds is 4. The molecule has 2 aromatic carbocycles. The van der Waals surface area contributed by atoms with E-state index < -0.39 is 10.5 Å². The second-order valence-corrected chi connectivity index (χ2v) is 7.16. The zero-order valence-electron chi connectivity index (χ0n) is 16.0. The van der Waals surface area contributed by atoms with Crippen LogP contribution in [0.3, 0.4) is 0 Å². The lowest BCUT2D eigenvalue weighted by molar-refractivity contribution is -0.384. The number of aryl methyl sites for hydroxylation is 1. The van der Waals surface area contributed by atoms with Crippen LogP contribution in [0.5, 0.6) is 0 Å². The van der Waals surface area contributed by atoms with Crippen LogP contribution in [0, 0.1) is 28.4 Å². The molecule has 0 unspecified atom stereocenters. The average Bonchev–Trinajstić information content (AvgIpc) is 3.20. The van der Waals surface area contributed by atoms with Gasteiger partial charge in [-0.2, -0.15) is 5.26 Å². The normalized spacial score (nSPS) is 11.5. The van der Waals surface area contributed by atoms with Gasteiger partial charge in [-0.05, 0) is 48.9 Å². The molecule has 4 rings (SSSR count). The molecule has 152 valence electrons. The van der Waals surface area contributed by atoms with Gasteiger partial charge in [0.25, 0.3) is 11.2 Å². The maximum absolute atomic E-state index is 12.4. The van der Waals surface area contributed by atoms with Crippen molar-refractivity contribution in [1.82, 2.24) is 9.97 Å². The van der Waals surface area contributed by atoms with Gasteiger partial charge < -0.3 is 9.40 Å². The van der Waals surface area contributed by atoms with Gasteiger partial charge in [-0.3, -0.25) is 14.9 Å². The minimum Gasteiger partial charge on any atom is -0.456 e. The standard InChI is InChI=1S/C22H13ClN4O4/c1-12-2-5-16(19(8-12)27(29)30)20-7-4-15(31-20)9-13(11-24)21-25-18-6-3-14(23)10-17(18)22(28)26-21/h2-10H,1H3,(H,25,26,28). The number of benzene rings is 2. The largest absolute Gasteiger partial charge is 0.456 e. The first-order valence-corrected chi connectivity index (χ1v) is 9.40. The molecule has 1 N–H and O–H groups in total. The Morgan fingerprint density at radius 3 is 2.81 bits per heavy atom. The molecule has 0 aliphatic carbocycles. The van der Waals surface area contributed by atoms with Crippen molar-refractivity contribution in [2.24, 2.45) is 0 Å². The number of nitriles is 1. The minimum atomic E-state index is -0.475. The summed E-state index contributed by atoms with van der Waals surface area (Å²) in [6.45, 7) is 1.76. The lowest BCUT2D eigenvalue weighted by Crippen LogP contribution is -2.11. The van der Waals surface area contributed by atoms with Gasteiger partial charge in [-0.1, -0.05) is 17.7 Å². The van der Waals surface area contributed by atoms with Gasteiger partial charge >= 0.3 is 0 Å². The fraction of sp³-hybridized carbons (Fsp3) is 0.0455. The number of H-pyrrole nitrogens is 1. The van der Waals surface area contributed by atoms with Crippen molar-refractivity contribution in [3.63, 3.8) is 0 Å². The van der Waals surface area contributed by atoms with Gasteiger partial charge in [0, 0.05) is 17.2 Å². The summed E-state index contributed by atoms with van der Waals surface area (Å²) in [6, 6.07) is 14.7. The van der Waals surface area contributed by atoms with Crippen LogP contribution in [-0.4, -0.2) is 14.9 Å². The van der Waals surface area contributed by atoms with E-state index in [1.165, 1.54) is 18.2 Å². The molecule has 31 heavy (non-hydrogen) atoms. The maximum Gasteiger partial charge on any atom is 0.280 e. The van der Waals surface area contributed by atoms with Gasteiger partial charge in [-0.15, -0.1) is 0 Å². The Kier molecular flexibility index (Phi) is 5.11. The van der Waals surface area contributed by atoms with Crippen LogP contribution in [0.15, 0.2) is 57.7 Å². The minimum absolute atomic E-state index is 0.0632. The monoisotopic (exact) mass is 432 g/mol. The Labute approximate surface area is 180 Å². The highest BCUT2D eigenvalue weighted by molar-refractivity contribution is 6.31. The molecular weight excluding hydrogens is 420 g/mol. The van der Waals surface area contributed by atoms with Crippen LogP contribution in [0.1, 0.15) is 17.1 Å². The Morgan fingerprint density at radius 1 is 1.26 bits per heavy atom. The lowest BCUT2D eigenvalue weighted by atomic mass is 10.1. The number of nitro benzene ring substituents is 1. The zero-order chi connectivity index (χ0) is 22.1. The molecule has 0 atom stereocenters. The van der Waals surface area contributed by atoms with Crippen LogP contribution in [0.2, 0.25) is 5.02 Å². The first-order valence-electron chi connectivity index (χ1n) is 9.03. The summed E-state index contributed by atoms with van der Waals surface area (Å²) in [5.74, 6) is 0.631. The topological polar surface area (TPSA) is 126 Å². The van der Waals surface area contributed by atoms with Crippen molar-refractivity contribution in [1.29, 1.82) is 5.26 Å². The smallest absolute Gasteiger partial charge is 0.280 e. The van der Waals surface area contributed by atoms with E-state index in [9.17, 15) is 20.2 Å². The number of hydrogen-bond acceptors (Lipinski definition) is 6. The Bertz CT molecular complexity index is 1480.